The first-order valence-electron chi connectivity index (χ1n) is 5.08. The maximum atomic E-state index is 5.44. The monoisotopic (exact) mass is 195 g/mol. The Balaban J connectivity index is 1.90. The molecule has 1 N–H and O–H groups in total. The maximum absolute atomic E-state index is 5.44. The Labute approximate surface area is 84.3 Å². The highest BCUT2D eigenvalue weighted by Gasteiger charge is 2.20. The lowest BCUT2D eigenvalue weighted by atomic mass is 10.2. The van der Waals surface area contributed by atoms with E-state index in [1.165, 1.54) is 6.42 Å². The highest BCUT2D eigenvalue weighted by atomic mass is 16.4. The number of likely N-dealkylation sites (N-methyl/N-ethyl adjacent to an activating group) is 1. The topological polar surface area (TPSA) is 41.3 Å². The molecular weight excluding hydrogens is 178 g/mol. The molecule has 0 spiro atoms. The van der Waals surface area contributed by atoms with Gasteiger partial charge in [-0.25, -0.2) is 4.98 Å². The number of nitrogens with one attached hydrogen (secondary N) is 1. The minimum atomic E-state index is 0.627. The van der Waals surface area contributed by atoms with Crippen LogP contribution in [0.1, 0.15) is 18.1 Å². The molecule has 4 heteroatoms. The summed E-state index contributed by atoms with van der Waals surface area (Å²) < 4.78 is 5.44. The van der Waals surface area contributed by atoms with E-state index < -0.39 is 0 Å². The second kappa shape index (κ2) is 4.11. The van der Waals surface area contributed by atoms with Crippen LogP contribution in [0.15, 0.2) is 10.6 Å². The van der Waals surface area contributed by atoms with Gasteiger partial charge in [0.1, 0.15) is 5.76 Å². The zero-order valence-electron chi connectivity index (χ0n) is 8.79. The summed E-state index contributed by atoms with van der Waals surface area (Å²) in [7, 11) is 2.12. The third kappa shape index (κ3) is 2.13. The Morgan fingerprint density at radius 2 is 2.57 bits per heavy atom. The third-order valence-electron chi connectivity index (χ3n) is 2.71. The molecular formula is C10H17N3O. The zero-order valence-corrected chi connectivity index (χ0v) is 8.79. The maximum Gasteiger partial charge on any atom is 0.208 e. The van der Waals surface area contributed by atoms with E-state index in [9.17, 15) is 0 Å². The lowest BCUT2D eigenvalue weighted by molar-refractivity contribution is 0.223. The van der Waals surface area contributed by atoms with E-state index in [-0.39, 0.29) is 0 Å². The van der Waals surface area contributed by atoms with Crippen molar-refractivity contribution in [1.82, 2.24) is 15.2 Å². The van der Waals surface area contributed by atoms with Crippen LogP contribution in [0.2, 0.25) is 0 Å². The summed E-state index contributed by atoms with van der Waals surface area (Å²) in [5.74, 6) is 1.70. The van der Waals surface area contributed by atoms with Crippen LogP contribution in [-0.2, 0) is 6.54 Å². The van der Waals surface area contributed by atoms with Crippen LogP contribution in [0.3, 0.4) is 0 Å². The summed E-state index contributed by atoms with van der Waals surface area (Å²) >= 11 is 0. The fourth-order valence-corrected chi connectivity index (χ4v) is 1.83. The third-order valence-corrected chi connectivity index (χ3v) is 2.71. The number of hydrogen-bond acceptors (Lipinski definition) is 4. The van der Waals surface area contributed by atoms with Crippen LogP contribution in [0.4, 0.5) is 0 Å². The molecule has 0 aromatic carbocycles. The highest BCUT2D eigenvalue weighted by Crippen LogP contribution is 2.10. The predicted octanol–water partition coefficient (Wildman–Crippen LogP) is 0.777. The molecule has 2 rings (SSSR count). The molecule has 1 unspecified atom stereocenters. The Morgan fingerprint density at radius 3 is 3.14 bits per heavy atom. The number of nitrogens with zero attached hydrogens (tertiary/aromatic N) is 2. The SMILES string of the molecule is Cc1cnc(CN(C)C2CCNC2)o1. The number of rotatable bonds is 3. The van der Waals surface area contributed by atoms with Crippen molar-refractivity contribution in [1.29, 1.82) is 0 Å². The van der Waals surface area contributed by atoms with Gasteiger partial charge in [-0.3, -0.25) is 4.90 Å². The minimum Gasteiger partial charge on any atom is -0.445 e. The molecule has 14 heavy (non-hydrogen) atoms. The standard InChI is InChI=1S/C10H17N3O/c1-8-5-12-10(14-8)7-13(2)9-3-4-11-6-9/h5,9,11H,3-4,6-7H2,1-2H3. The van der Waals surface area contributed by atoms with Gasteiger partial charge in [-0.15, -0.1) is 0 Å². The van der Waals surface area contributed by atoms with Gasteiger partial charge in [0.05, 0.1) is 12.7 Å². The van der Waals surface area contributed by atoms with E-state index in [4.69, 9.17) is 4.42 Å². The molecule has 0 saturated carbocycles. The van der Waals surface area contributed by atoms with Gasteiger partial charge in [0.2, 0.25) is 5.89 Å². The van der Waals surface area contributed by atoms with Crippen molar-refractivity contribution < 1.29 is 4.42 Å². The Hall–Kier alpha value is -0.870. The lowest BCUT2D eigenvalue weighted by Crippen LogP contribution is -2.32. The van der Waals surface area contributed by atoms with Crippen LogP contribution >= 0.6 is 0 Å². The molecule has 4 nitrogen and oxygen atoms in total. The van der Waals surface area contributed by atoms with Gasteiger partial charge in [0.25, 0.3) is 0 Å². The Morgan fingerprint density at radius 1 is 1.71 bits per heavy atom. The molecule has 0 bridgehead atoms. The van der Waals surface area contributed by atoms with Crippen molar-refractivity contribution in [3.8, 4) is 0 Å². The van der Waals surface area contributed by atoms with Crippen molar-refractivity contribution in [2.45, 2.75) is 25.9 Å². The van der Waals surface area contributed by atoms with Gasteiger partial charge in [-0.05, 0) is 26.9 Å². The summed E-state index contributed by atoms with van der Waals surface area (Å²) in [5, 5.41) is 3.35. The van der Waals surface area contributed by atoms with E-state index in [2.05, 4.69) is 22.2 Å². The number of aromatic nitrogens is 1. The zero-order chi connectivity index (χ0) is 9.97. The molecule has 1 aliphatic rings. The summed E-state index contributed by atoms with van der Waals surface area (Å²) in [6, 6.07) is 0.627. The summed E-state index contributed by atoms with van der Waals surface area (Å²) in [6.07, 6.45) is 2.99. The van der Waals surface area contributed by atoms with Crippen LogP contribution in [0.5, 0.6) is 0 Å². The van der Waals surface area contributed by atoms with Crippen molar-refractivity contribution in [2.75, 3.05) is 20.1 Å². The van der Waals surface area contributed by atoms with Crippen LogP contribution < -0.4 is 5.32 Å². The van der Waals surface area contributed by atoms with Gasteiger partial charge in [0.15, 0.2) is 0 Å². The molecule has 0 aliphatic carbocycles. The highest BCUT2D eigenvalue weighted by molar-refractivity contribution is 4.91. The second-order valence-electron chi connectivity index (χ2n) is 3.93. The second-order valence-corrected chi connectivity index (χ2v) is 3.93. The molecule has 0 amide bonds. The average molecular weight is 195 g/mol. The van der Waals surface area contributed by atoms with E-state index in [0.717, 1.165) is 31.3 Å². The normalized spacial score (nSPS) is 22.1. The smallest absolute Gasteiger partial charge is 0.208 e. The molecule has 1 aromatic rings. The molecule has 1 atom stereocenters. The number of oxazole rings is 1. The Kier molecular flexibility index (Phi) is 2.84. The summed E-state index contributed by atoms with van der Waals surface area (Å²) in [5.41, 5.74) is 0. The van der Waals surface area contributed by atoms with Gasteiger partial charge in [0, 0.05) is 12.6 Å². The van der Waals surface area contributed by atoms with Gasteiger partial charge in [-0.1, -0.05) is 0 Å². The van der Waals surface area contributed by atoms with Crippen molar-refractivity contribution >= 4 is 0 Å². The van der Waals surface area contributed by atoms with Gasteiger partial charge < -0.3 is 9.73 Å². The minimum absolute atomic E-state index is 0.627. The number of hydrogen-bond donors (Lipinski definition) is 1. The number of aryl methyl sites for hydroxylation is 1. The molecule has 78 valence electrons. The van der Waals surface area contributed by atoms with Crippen molar-refractivity contribution in [3.05, 3.63) is 17.8 Å². The fourth-order valence-electron chi connectivity index (χ4n) is 1.83. The lowest BCUT2D eigenvalue weighted by Gasteiger charge is -2.21. The van der Waals surface area contributed by atoms with E-state index >= 15 is 0 Å². The molecule has 2 heterocycles. The first kappa shape index (κ1) is 9.68. The van der Waals surface area contributed by atoms with Gasteiger partial charge in [-0.2, -0.15) is 0 Å². The quantitative estimate of drug-likeness (QED) is 0.773. The van der Waals surface area contributed by atoms with Crippen molar-refractivity contribution in [2.24, 2.45) is 0 Å². The first-order valence-corrected chi connectivity index (χ1v) is 5.08. The van der Waals surface area contributed by atoms with Crippen molar-refractivity contribution in [3.63, 3.8) is 0 Å². The molecule has 1 fully saturated rings. The molecule has 0 radical (unpaired) electrons. The van der Waals surface area contributed by atoms with E-state index in [1.54, 1.807) is 6.20 Å². The molecule has 1 aromatic heterocycles. The van der Waals surface area contributed by atoms with Crippen LogP contribution in [0.25, 0.3) is 0 Å². The van der Waals surface area contributed by atoms with Crippen LogP contribution in [-0.4, -0.2) is 36.1 Å². The fraction of sp³-hybridized carbons (Fsp3) is 0.700. The summed E-state index contributed by atoms with van der Waals surface area (Å²) in [6.45, 7) is 4.93. The van der Waals surface area contributed by atoms with Crippen LogP contribution in [0, 0.1) is 6.92 Å². The van der Waals surface area contributed by atoms with Gasteiger partial charge >= 0.3 is 0 Å². The first-order chi connectivity index (χ1) is 6.75. The van der Waals surface area contributed by atoms with E-state index in [1.807, 2.05) is 6.92 Å². The average Bonchev–Trinajstić information content (AvgIpc) is 2.75. The molecule has 1 aliphatic heterocycles. The van der Waals surface area contributed by atoms with E-state index in [0.29, 0.717) is 6.04 Å². The predicted molar refractivity (Wildman–Crippen MR) is 54.0 cm³/mol. The molecule has 1 saturated heterocycles. The largest absolute Gasteiger partial charge is 0.445 e. The Bertz CT molecular complexity index is 291. The summed E-state index contributed by atoms with van der Waals surface area (Å²) in [4.78, 5) is 6.50.